The zero-order valence-corrected chi connectivity index (χ0v) is 17.7. The predicted molar refractivity (Wildman–Crippen MR) is 110 cm³/mol. The summed E-state index contributed by atoms with van der Waals surface area (Å²) in [4.78, 5) is 5.40. The maximum atomic E-state index is 13.1. The first-order valence-corrected chi connectivity index (χ1v) is 11.3. The minimum absolute atomic E-state index is 0.0920. The number of sulfonamides is 1. The molecule has 1 fully saturated rings. The minimum Gasteiger partial charge on any atom is -0.357 e. The summed E-state index contributed by atoms with van der Waals surface area (Å²) in [5, 5.41) is 4.32. The summed E-state index contributed by atoms with van der Waals surface area (Å²) in [5.74, 6) is -0.432. The highest BCUT2D eigenvalue weighted by Crippen LogP contribution is 2.34. The Kier molecular flexibility index (Phi) is 7.10. The molecule has 1 saturated carbocycles. The molecule has 0 heterocycles. The van der Waals surface area contributed by atoms with Crippen LogP contribution in [0.25, 0.3) is 0 Å². The Hall–Kier alpha value is -2.33. The number of nitrogens with one attached hydrogen (secondary N) is 1. The first-order chi connectivity index (χ1) is 14.6. The fraction of sp³-hybridized carbons (Fsp3) is 0.350. The Balaban J connectivity index is 2.04. The fourth-order valence-electron chi connectivity index (χ4n) is 3.34. The van der Waals surface area contributed by atoms with Gasteiger partial charge in [0.25, 0.3) is 0 Å². The van der Waals surface area contributed by atoms with Gasteiger partial charge in [0.05, 0.1) is 11.4 Å². The molecule has 0 aromatic heterocycles. The van der Waals surface area contributed by atoms with Gasteiger partial charge in [-0.3, -0.25) is 4.72 Å². The summed E-state index contributed by atoms with van der Waals surface area (Å²) < 4.78 is 76.9. The van der Waals surface area contributed by atoms with Crippen LogP contribution in [-0.2, 0) is 10.0 Å². The predicted octanol–water partition coefficient (Wildman–Crippen LogP) is 6.10. The van der Waals surface area contributed by atoms with Crippen molar-refractivity contribution in [1.29, 1.82) is 0 Å². The Bertz CT molecular complexity index is 1050. The average Bonchev–Trinajstić information content (AvgIpc) is 2.71. The molecule has 0 spiro atoms. The van der Waals surface area contributed by atoms with Crippen LogP contribution in [0.4, 0.5) is 23.2 Å². The molecule has 3 rings (SSSR count). The van der Waals surface area contributed by atoms with Crippen molar-refractivity contribution >= 4 is 33.0 Å². The van der Waals surface area contributed by atoms with Gasteiger partial charge in [0, 0.05) is 16.5 Å². The molecule has 0 radical (unpaired) electrons. The number of hydrogen-bond acceptors (Lipinski definition) is 4. The van der Waals surface area contributed by atoms with Crippen LogP contribution >= 0.6 is 11.6 Å². The number of benzene rings is 2. The van der Waals surface area contributed by atoms with Gasteiger partial charge in [-0.05, 0) is 55.3 Å². The molecule has 1 aliphatic rings. The molecular weight excluding hydrogens is 460 g/mol. The lowest BCUT2D eigenvalue weighted by Gasteiger charge is -2.25. The molecule has 0 amide bonds. The van der Waals surface area contributed by atoms with E-state index in [0.717, 1.165) is 25.3 Å². The van der Waals surface area contributed by atoms with E-state index in [2.05, 4.69) is 5.16 Å². The van der Waals surface area contributed by atoms with Crippen molar-refractivity contribution in [2.24, 2.45) is 11.1 Å². The van der Waals surface area contributed by atoms with E-state index in [4.69, 9.17) is 16.4 Å². The monoisotopic (exact) mass is 478 g/mol. The van der Waals surface area contributed by atoms with E-state index in [-0.39, 0.29) is 33.7 Å². The fourth-order valence-corrected chi connectivity index (χ4v) is 4.09. The van der Waals surface area contributed by atoms with Gasteiger partial charge in [0.15, 0.2) is 5.75 Å². The third kappa shape index (κ3) is 5.88. The van der Waals surface area contributed by atoms with E-state index in [9.17, 15) is 26.0 Å². The average molecular weight is 479 g/mol. The highest BCUT2D eigenvalue weighted by Gasteiger charge is 2.46. The smallest absolute Gasteiger partial charge is 0.357 e. The maximum Gasteiger partial charge on any atom is 0.516 e. The molecule has 31 heavy (non-hydrogen) atoms. The van der Waals surface area contributed by atoms with Crippen LogP contribution in [0.1, 0.15) is 37.7 Å². The highest BCUT2D eigenvalue weighted by molar-refractivity contribution is 7.93. The number of rotatable bonds is 6. The molecule has 11 heteroatoms. The van der Waals surface area contributed by atoms with E-state index >= 15 is 0 Å². The SMILES string of the molecule is O=S(=O)(Nc1ccc(Cl)cc1/C(=N/Oc1ccc(F)cc1)C1CCCCC1)C(F)(F)F. The van der Waals surface area contributed by atoms with Gasteiger partial charge in [0.1, 0.15) is 5.82 Å². The van der Waals surface area contributed by atoms with E-state index < -0.39 is 21.3 Å². The topological polar surface area (TPSA) is 67.8 Å². The van der Waals surface area contributed by atoms with Crippen molar-refractivity contribution in [3.05, 3.63) is 58.9 Å². The number of anilines is 1. The van der Waals surface area contributed by atoms with Gasteiger partial charge < -0.3 is 4.84 Å². The summed E-state index contributed by atoms with van der Waals surface area (Å²) in [6, 6.07) is 8.82. The summed E-state index contributed by atoms with van der Waals surface area (Å²) in [5.41, 5.74) is -5.44. The van der Waals surface area contributed by atoms with Crippen LogP contribution < -0.4 is 9.56 Å². The van der Waals surface area contributed by atoms with Gasteiger partial charge >= 0.3 is 15.5 Å². The molecule has 0 saturated heterocycles. The quantitative estimate of drug-likeness (QED) is 0.310. The zero-order valence-electron chi connectivity index (χ0n) is 16.1. The molecule has 0 aliphatic heterocycles. The van der Waals surface area contributed by atoms with Gasteiger partial charge in [0.2, 0.25) is 0 Å². The Morgan fingerprint density at radius 3 is 2.32 bits per heavy atom. The molecule has 2 aromatic carbocycles. The third-order valence-electron chi connectivity index (χ3n) is 4.86. The molecule has 0 unspecified atom stereocenters. The lowest BCUT2D eigenvalue weighted by atomic mass is 9.83. The van der Waals surface area contributed by atoms with Crippen LogP contribution in [-0.4, -0.2) is 19.6 Å². The summed E-state index contributed by atoms with van der Waals surface area (Å²) in [7, 11) is -5.65. The van der Waals surface area contributed by atoms with Gasteiger partial charge in [-0.1, -0.05) is 36.0 Å². The van der Waals surface area contributed by atoms with E-state index in [1.54, 1.807) is 4.72 Å². The number of halogens is 5. The molecule has 2 aromatic rings. The highest BCUT2D eigenvalue weighted by atomic mass is 35.5. The van der Waals surface area contributed by atoms with Crippen molar-refractivity contribution in [3.63, 3.8) is 0 Å². The normalized spacial score (nSPS) is 16.2. The van der Waals surface area contributed by atoms with Crippen molar-refractivity contribution in [2.45, 2.75) is 37.6 Å². The van der Waals surface area contributed by atoms with Crippen LogP contribution in [0.15, 0.2) is 47.6 Å². The van der Waals surface area contributed by atoms with E-state index in [1.807, 2.05) is 0 Å². The molecule has 5 nitrogen and oxygen atoms in total. The van der Waals surface area contributed by atoms with Crippen molar-refractivity contribution in [2.75, 3.05) is 4.72 Å². The van der Waals surface area contributed by atoms with Crippen LogP contribution in [0.2, 0.25) is 5.02 Å². The number of oxime groups is 1. The van der Waals surface area contributed by atoms with Gasteiger partial charge in [-0.15, -0.1) is 0 Å². The Morgan fingerprint density at radius 2 is 1.71 bits per heavy atom. The molecular formula is C20H19ClF4N2O3S. The maximum absolute atomic E-state index is 13.1. The Morgan fingerprint density at radius 1 is 1.06 bits per heavy atom. The number of alkyl halides is 3. The van der Waals surface area contributed by atoms with Crippen LogP contribution in [0, 0.1) is 11.7 Å². The molecule has 0 atom stereocenters. The van der Waals surface area contributed by atoms with Gasteiger partial charge in [-0.25, -0.2) is 4.39 Å². The second-order valence-corrected chi connectivity index (χ2v) is 9.21. The second-order valence-electron chi connectivity index (χ2n) is 7.10. The summed E-state index contributed by atoms with van der Waals surface area (Å²) >= 11 is 6.06. The molecule has 1 N–H and O–H groups in total. The lowest BCUT2D eigenvalue weighted by molar-refractivity contribution is -0.0429. The molecule has 1 aliphatic carbocycles. The zero-order chi connectivity index (χ0) is 22.6. The summed E-state index contributed by atoms with van der Waals surface area (Å²) in [6.07, 6.45) is 4.16. The molecule has 0 bridgehead atoms. The van der Waals surface area contributed by atoms with E-state index in [0.29, 0.717) is 12.8 Å². The number of nitrogens with zero attached hydrogens (tertiary/aromatic N) is 1. The lowest BCUT2D eigenvalue weighted by Crippen LogP contribution is -2.31. The molecule has 168 valence electrons. The van der Waals surface area contributed by atoms with Gasteiger partial charge in [-0.2, -0.15) is 21.6 Å². The van der Waals surface area contributed by atoms with Crippen molar-refractivity contribution in [1.82, 2.24) is 0 Å². The largest absolute Gasteiger partial charge is 0.516 e. The first-order valence-electron chi connectivity index (χ1n) is 9.46. The second kappa shape index (κ2) is 9.44. The van der Waals surface area contributed by atoms with Crippen LogP contribution in [0.5, 0.6) is 5.75 Å². The van der Waals surface area contributed by atoms with Crippen LogP contribution in [0.3, 0.4) is 0 Å². The minimum atomic E-state index is -5.65. The van der Waals surface area contributed by atoms with E-state index in [1.165, 1.54) is 36.4 Å². The third-order valence-corrected chi connectivity index (χ3v) is 6.19. The van der Waals surface area contributed by atoms with Crippen molar-refractivity contribution in [3.8, 4) is 5.75 Å². The standard InChI is InChI=1S/C20H19ClF4N2O3S/c21-14-6-11-18(27-31(28,29)20(23,24)25)17(12-14)19(13-4-2-1-3-5-13)26-30-16-9-7-15(22)8-10-16/h6-13,27H,1-5H2/b26-19+. The summed E-state index contributed by atoms with van der Waals surface area (Å²) in [6.45, 7) is 0. The van der Waals surface area contributed by atoms with Crippen molar-refractivity contribution < 1.29 is 30.8 Å². The Labute approximate surface area is 182 Å². The number of hydrogen-bond donors (Lipinski definition) is 1. The first kappa shape index (κ1) is 23.3.